The van der Waals surface area contributed by atoms with Crippen LogP contribution in [0.15, 0.2) is 0 Å². The molecule has 19 heavy (non-hydrogen) atoms. The topological polar surface area (TPSA) is 24.1 Å². The predicted octanol–water partition coefficient (Wildman–Crippen LogP) is 4.06. The Kier molecular flexibility index (Phi) is 7.69. The molecule has 1 aliphatic heterocycles. The summed E-state index contributed by atoms with van der Waals surface area (Å²) >= 11 is 0. The highest BCUT2D eigenvalue weighted by atomic mass is 35.5. The van der Waals surface area contributed by atoms with Gasteiger partial charge in [-0.05, 0) is 53.4 Å². The first-order valence-electron chi connectivity index (χ1n) is 7.42. The van der Waals surface area contributed by atoms with Gasteiger partial charge in [-0.1, -0.05) is 19.3 Å². The summed E-state index contributed by atoms with van der Waals surface area (Å²) in [7, 11) is 0. The summed E-state index contributed by atoms with van der Waals surface area (Å²) in [4.78, 5) is 0. The number of nitrogens with one attached hydrogen (secondary N) is 2. The molecular weight excluding hydrogens is 279 g/mol. The molecular formula is C15H32Cl2N2. The van der Waals surface area contributed by atoms with Crippen molar-refractivity contribution in [1.29, 1.82) is 0 Å². The second-order valence-electron chi connectivity index (χ2n) is 7.50. The molecule has 1 saturated heterocycles. The van der Waals surface area contributed by atoms with Crippen LogP contribution in [-0.2, 0) is 0 Å². The van der Waals surface area contributed by atoms with Gasteiger partial charge in [-0.15, -0.1) is 24.8 Å². The van der Waals surface area contributed by atoms with E-state index in [9.17, 15) is 0 Å². The number of hydrogen-bond acceptors (Lipinski definition) is 2. The molecule has 0 aromatic carbocycles. The van der Waals surface area contributed by atoms with Gasteiger partial charge < -0.3 is 10.6 Å². The van der Waals surface area contributed by atoms with Gasteiger partial charge in [0.2, 0.25) is 0 Å². The second-order valence-corrected chi connectivity index (χ2v) is 7.50. The average molecular weight is 311 g/mol. The summed E-state index contributed by atoms with van der Waals surface area (Å²) in [5.74, 6) is 0. The quantitative estimate of drug-likeness (QED) is 0.803. The highest BCUT2D eigenvalue weighted by Gasteiger charge is 2.38. The van der Waals surface area contributed by atoms with Crippen LogP contribution in [-0.4, -0.2) is 23.2 Å². The van der Waals surface area contributed by atoms with Gasteiger partial charge >= 0.3 is 0 Å². The Morgan fingerprint density at radius 2 is 1.26 bits per heavy atom. The van der Waals surface area contributed by atoms with E-state index >= 15 is 0 Å². The molecule has 0 aromatic rings. The molecule has 0 atom stereocenters. The molecule has 2 N–H and O–H groups in total. The van der Waals surface area contributed by atoms with Crippen LogP contribution >= 0.6 is 24.8 Å². The van der Waals surface area contributed by atoms with E-state index in [0.29, 0.717) is 6.04 Å². The maximum absolute atomic E-state index is 3.93. The van der Waals surface area contributed by atoms with E-state index in [4.69, 9.17) is 0 Å². The normalized spacial score (nSPS) is 27.2. The molecule has 116 valence electrons. The first-order chi connectivity index (χ1) is 7.86. The zero-order chi connectivity index (χ0) is 12.5. The fourth-order valence-corrected chi connectivity index (χ4v) is 4.04. The third-order valence-corrected chi connectivity index (χ3v) is 4.27. The van der Waals surface area contributed by atoms with Crippen LogP contribution in [0.5, 0.6) is 0 Å². The van der Waals surface area contributed by atoms with Crippen LogP contribution in [0.4, 0.5) is 0 Å². The Hall–Kier alpha value is 0.500. The number of halogens is 2. The fourth-order valence-electron chi connectivity index (χ4n) is 4.04. The van der Waals surface area contributed by atoms with Crippen LogP contribution in [0.3, 0.4) is 0 Å². The van der Waals surface area contributed by atoms with Gasteiger partial charge in [0.05, 0.1) is 0 Å². The van der Waals surface area contributed by atoms with E-state index in [1.807, 2.05) is 0 Å². The predicted molar refractivity (Wildman–Crippen MR) is 88.8 cm³/mol. The van der Waals surface area contributed by atoms with Crippen LogP contribution in [0.25, 0.3) is 0 Å². The summed E-state index contributed by atoms with van der Waals surface area (Å²) in [6.45, 7) is 9.35. The summed E-state index contributed by atoms with van der Waals surface area (Å²) in [5.41, 5.74) is 0.544. The van der Waals surface area contributed by atoms with Crippen molar-refractivity contribution in [2.75, 3.05) is 0 Å². The smallest absolute Gasteiger partial charge is 0.0144 e. The molecule has 1 saturated carbocycles. The zero-order valence-electron chi connectivity index (χ0n) is 12.9. The maximum atomic E-state index is 3.93. The molecule has 1 heterocycles. The van der Waals surface area contributed by atoms with Crippen molar-refractivity contribution in [1.82, 2.24) is 10.6 Å². The van der Waals surface area contributed by atoms with Crippen LogP contribution in [0, 0.1) is 0 Å². The van der Waals surface area contributed by atoms with Gasteiger partial charge in [0, 0.05) is 23.2 Å². The van der Waals surface area contributed by atoms with Gasteiger partial charge in [0.15, 0.2) is 0 Å². The molecule has 2 aliphatic rings. The lowest BCUT2D eigenvalue weighted by molar-refractivity contribution is 0.135. The molecule has 2 nitrogen and oxygen atoms in total. The van der Waals surface area contributed by atoms with Crippen molar-refractivity contribution in [2.24, 2.45) is 0 Å². The molecule has 0 aromatic heterocycles. The summed E-state index contributed by atoms with van der Waals surface area (Å²) in [6, 6.07) is 1.49. The highest BCUT2D eigenvalue weighted by molar-refractivity contribution is 5.85. The highest BCUT2D eigenvalue weighted by Crippen LogP contribution is 2.29. The average Bonchev–Trinajstić information content (AvgIpc) is 2.13. The van der Waals surface area contributed by atoms with Gasteiger partial charge in [0.25, 0.3) is 0 Å². The molecule has 2 rings (SSSR count). The van der Waals surface area contributed by atoms with E-state index in [1.165, 1.54) is 44.9 Å². The van der Waals surface area contributed by atoms with Crippen LogP contribution in [0.1, 0.15) is 72.6 Å². The SMILES string of the molecule is CC1(C)CC(NC2CCCCC2)CC(C)(C)N1.Cl.Cl. The Labute approximate surface area is 131 Å². The van der Waals surface area contributed by atoms with E-state index in [-0.39, 0.29) is 35.9 Å². The molecule has 4 heteroatoms. The van der Waals surface area contributed by atoms with E-state index in [0.717, 1.165) is 6.04 Å². The van der Waals surface area contributed by atoms with Crippen molar-refractivity contribution < 1.29 is 0 Å². The summed E-state index contributed by atoms with van der Waals surface area (Å²) in [5, 5.41) is 7.69. The third kappa shape index (κ3) is 6.20. The van der Waals surface area contributed by atoms with Gasteiger partial charge in [-0.2, -0.15) is 0 Å². The Morgan fingerprint density at radius 3 is 1.74 bits per heavy atom. The molecule has 0 spiro atoms. The standard InChI is InChI=1S/C15H30N2.2ClH/c1-14(2)10-13(11-15(3,4)17-14)16-12-8-6-5-7-9-12;;/h12-13,16-17H,5-11H2,1-4H3;2*1H. The monoisotopic (exact) mass is 310 g/mol. The van der Waals surface area contributed by atoms with E-state index < -0.39 is 0 Å². The molecule has 2 fully saturated rings. The third-order valence-electron chi connectivity index (χ3n) is 4.27. The maximum Gasteiger partial charge on any atom is 0.0144 e. The molecule has 0 amide bonds. The number of piperidine rings is 1. The first-order valence-corrected chi connectivity index (χ1v) is 7.42. The van der Waals surface area contributed by atoms with Crippen molar-refractivity contribution in [3.8, 4) is 0 Å². The van der Waals surface area contributed by atoms with E-state index in [2.05, 4.69) is 38.3 Å². The van der Waals surface area contributed by atoms with Crippen molar-refractivity contribution in [3.63, 3.8) is 0 Å². The number of rotatable bonds is 2. The van der Waals surface area contributed by atoms with Crippen LogP contribution < -0.4 is 10.6 Å². The molecule has 0 bridgehead atoms. The summed E-state index contributed by atoms with van der Waals surface area (Å²) in [6.07, 6.45) is 9.60. The fraction of sp³-hybridized carbons (Fsp3) is 1.00. The van der Waals surface area contributed by atoms with Crippen molar-refractivity contribution >= 4 is 24.8 Å². The minimum Gasteiger partial charge on any atom is -0.311 e. The van der Waals surface area contributed by atoms with Crippen molar-refractivity contribution in [2.45, 2.75) is 95.8 Å². The lowest BCUT2D eigenvalue weighted by Gasteiger charge is -2.47. The number of hydrogen-bond donors (Lipinski definition) is 2. The van der Waals surface area contributed by atoms with Gasteiger partial charge in [0.1, 0.15) is 0 Å². The lowest BCUT2D eigenvalue weighted by atomic mass is 9.79. The van der Waals surface area contributed by atoms with E-state index in [1.54, 1.807) is 0 Å². The zero-order valence-corrected chi connectivity index (χ0v) is 14.6. The van der Waals surface area contributed by atoms with Crippen molar-refractivity contribution in [3.05, 3.63) is 0 Å². The molecule has 1 aliphatic carbocycles. The molecule has 0 radical (unpaired) electrons. The largest absolute Gasteiger partial charge is 0.311 e. The van der Waals surface area contributed by atoms with Gasteiger partial charge in [-0.3, -0.25) is 0 Å². The molecule has 0 unspecified atom stereocenters. The Balaban J connectivity index is 0.00000162. The second kappa shape index (κ2) is 7.49. The van der Waals surface area contributed by atoms with Crippen LogP contribution in [0.2, 0.25) is 0 Å². The lowest BCUT2D eigenvalue weighted by Crippen LogP contribution is -2.62. The Morgan fingerprint density at radius 1 is 0.789 bits per heavy atom. The Bertz CT molecular complexity index is 245. The first kappa shape index (κ1) is 19.5. The summed E-state index contributed by atoms with van der Waals surface area (Å²) < 4.78 is 0. The van der Waals surface area contributed by atoms with Gasteiger partial charge in [-0.25, -0.2) is 0 Å². The minimum absolute atomic E-state index is 0. The minimum atomic E-state index is 0.